The average molecular weight is 377 g/mol. The van der Waals surface area contributed by atoms with Gasteiger partial charge in [0.2, 0.25) is 0 Å². The third-order valence-electron chi connectivity index (χ3n) is 4.39. The van der Waals surface area contributed by atoms with E-state index in [-0.39, 0.29) is 11.3 Å². The van der Waals surface area contributed by atoms with Crippen LogP contribution in [0.5, 0.6) is 0 Å². The van der Waals surface area contributed by atoms with Crippen molar-refractivity contribution in [2.75, 3.05) is 5.32 Å². The molecule has 0 aliphatic heterocycles. The van der Waals surface area contributed by atoms with Gasteiger partial charge in [-0.05, 0) is 37.1 Å². The van der Waals surface area contributed by atoms with Gasteiger partial charge in [-0.2, -0.15) is 17.7 Å². The summed E-state index contributed by atoms with van der Waals surface area (Å²) < 4.78 is 40.0. The zero-order valence-electron chi connectivity index (χ0n) is 14.3. The predicted octanol–water partition coefficient (Wildman–Crippen LogP) is 2.54. The van der Waals surface area contributed by atoms with Crippen LogP contribution in [-0.4, -0.2) is 29.8 Å². The first kappa shape index (κ1) is 17.1. The number of nitrogens with zero attached hydrogens (tertiary/aromatic N) is 4. The van der Waals surface area contributed by atoms with Crippen LogP contribution in [0.25, 0.3) is 16.7 Å². The van der Waals surface area contributed by atoms with E-state index in [4.69, 9.17) is 0 Å². The minimum atomic E-state index is -4.66. The number of fused-ring (bicyclic) bond motifs is 2. The van der Waals surface area contributed by atoms with Gasteiger partial charge in [-0.15, -0.1) is 15.3 Å². The number of anilines is 1. The molecule has 0 amide bonds. The molecule has 0 unspecified atom stereocenters. The summed E-state index contributed by atoms with van der Waals surface area (Å²) in [6, 6.07) is 5.33. The molecule has 0 aliphatic rings. The van der Waals surface area contributed by atoms with E-state index in [1.165, 1.54) is 0 Å². The van der Waals surface area contributed by atoms with Gasteiger partial charge in [0.05, 0.1) is 11.0 Å². The van der Waals surface area contributed by atoms with Crippen LogP contribution in [0, 0.1) is 13.8 Å². The molecule has 27 heavy (non-hydrogen) atoms. The number of hydrogen-bond acceptors (Lipinski definition) is 5. The van der Waals surface area contributed by atoms with E-state index in [0.29, 0.717) is 39.0 Å². The first-order valence-corrected chi connectivity index (χ1v) is 7.98. The quantitative estimate of drug-likeness (QED) is 0.509. The van der Waals surface area contributed by atoms with E-state index in [0.717, 1.165) is 5.56 Å². The normalized spacial score (nSPS) is 12.2. The van der Waals surface area contributed by atoms with Gasteiger partial charge in [0.1, 0.15) is 0 Å². The Hall–Kier alpha value is -3.37. The van der Waals surface area contributed by atoms with Crippen molar-refractivity contribution in [2.24, 2.45) is 0 Å². The molecular weight excluding hydrogens is 363 g/mol. The molecule has 0 aliphatic carbocycles. The van der Waals surface area contributed by atoms with Crippen molar-refractivity contribution >= 4 is 22.5 Å². The molecule has 0 bridgehead atoms. The zero-order chi connectivity index (χ0) is 19.3. The Morgan fingerprint density at radius 3 is 2.59 bits per heavy atom. The second kappa shape index (κ2) is 5.83. The molecule has 8 nitrogen and oxygen atoms in total. The van der Waals surface area contributed by atoms with Crippen LogP contribution in [0.15, 0.2) is 23.0 Å². The SMILES string of the molecule is Cc1c(NCc2ccc3[nH]c(=O)[nH]c3c2)nn2c(C(F)(F)F)nnc2c1C. The molecule has 0 saturated carbocycles. The number of imidazole rings is 1. The second-order valence-corrected chi connectivity index (χ2v) is 6.17. The van der Waals surface area contributed by atoms with Gasteiger partial charge >= 0.3 is 11.9 Å². The van der Waals surface area contributed by atoms with Crippen LogP contribution < -0.4 is 11.0 Å². The standard InChI is InChI=1S/C16H14F3N7O/c1-7-8(2)13-23-24-14(16(17,18)19)26(13)25-12(7)20-6-9-3-4-10-11(5-9)22-15(27)21-10/h3-5H,6H2,1-2H3,(H,20,25)(H2,21,22,27). The monoisotopic (exact) mass is 377 g/mol. The maximum atomic E-state index is 13.1. The molecule has 3 heterocycles. The summed E-state index contributed by atoms with van der Waals surface area (Å²) >= 11 is 0. The van der Waals surface area contributed by atoms with E-state index >= 15 is 0 Å². The number of rotatable bonds is 3. The molecule has 3 aromatic heterocycles. The highest BCUT2D eigenvalue weighted by atomic mass is 19.4. The molecule has 0 fully saturated rings. The van der Waals surface area contributed by atoms with Crippen LogP contribution in [0.2, 0.25) is 0 Å². The maximum Gasteiger partial charge on any atom is 0.453 e. The van der Waals surface area contributed by atoms with Crippen LogP contribution in [0.1, 0.15) is 22.5 Å². The molecular formula is C16H14F3N7O. The van der Waals surface area contributed by atoms with Crippen molar-refractivity contribution in [2.45, 2.75) is 26.6 Å². The van der Waals surface area contributed by atoms with E-state index in [1.54, 1.807) is 32.0 Å². The van der Waals surface area contributed by atoms with E-state index in [9.17, 15) is 18.0 Å². The molecule has 0 atom stereocenters. The number of hydrogen-bond donors (Lipinski definition) is 3. The van der Waals surface area contributed by atoms with Crippen LogP contribution in [0.3, 0.4) is 0 Å². The number of benzene rings is 1. The minimum Gasteiger partial charge on any atom is -0.364 e. The number of aromatic amines is 2. The summed E-state index contributed by atoms with van der Waals surface area (Å²) in [5.41, 5.74) is 3.15. The topological polar surface area (TPSA) is 104 Å². The molecule has 1 aromatic carbocycles. The first-order chi connectivity index (χ1) is 12.7. The Kier molecular flexibility index (Phi) is 3.68. The fraction of sp³-hybridized carbons (Fsp3) is 0.250. The Labute approximate surface area is 149 Å². The predicted molar refractivity (Wildman–Crippen MR) is 91.5 cm³/mol. The highest BCUT2D eigenvalue weighted by Crippen LogP contribution is 2.29. The van der Waals surface area contributed by atoms with Gasteiger partial charge in [-0.1, -0.05) is 6.07 Å². The molecule has 4 aromatic rings. The van der Waals surface area contributed by atoms with Gasteiger partial charge in [0.25, 0.3) is 5.82 Å². The lowest BCUT2D eigenvalue weighted by Crippen LogP contribution is -2.15. The third kappa shape index (κ3) is 2.90. The average Bonchev–Trinajstić information content (AvgIpc) is 3.18. The Balaban J connectivity index is 1.69. The number of halogens is 3. The summed E-state index contributed by atoms with van der Waals surface area (Å²) in [4.78, 5) is 16.6. The smallest absolute Gasteiger partial charge is 0.364 e. The Morgan fingerprint density at radius 2 is 1.85 bits per heavy atom. The second-order valence-electron chi connectivity index (χ2n) is 6.17. The van der Waals surface area contributed by atoms with Crippen LogP contribution in [0.4, 0.5) is 19.0 Å². The highest BCUT2D eigenvalue weighted by molar-refractivity contribution is 5.75. The Bertz CT molecular complexity index is 1220. The summed E-state index contributed by atoms with van der Waals surface area (Å²) in [6.07, 6.45) is -4.66. The lowest BCUT2D eigenvalue weighted by atomic mass is 10.1. The molecule has 0 saturated heterocycles. The van der Waals surface area contributed by atoms with Crippen molar-refractivity contribution < 1.29 is 13.2 Å². The van der Waals surface area contributed by atoms with Crippen molar-refractivity contribution in [1.29, 1.82) is 0 Å². The lowest BCUT2D eigenvalue weighted by Gasteiger charge is -2.12. The van der Waals surface area contributed by atoms with E-state index < -0.39 is 12.0 Å². The molecule has 0 spiro atoms. The van der Waals surface area contributed by atoms with Gasteiger partial charge in [0.15, 0.2) is 11.5 Å². The Morgan fingerprint density at radius 1 is 1.11 bits per heavy atom. The highest BCUT2D eigenvalue weighted by Gasteiger charge is 2.38. The van der Waals surface area contributed by atoms with Gasteiger partial charge in [-0.25, -0.2) is 4.79 Å². The molecule has 140 valence electrons. The van der Waals surface area contributed by atoms with E-state index in [1.807, 2.05) is 0 Å². The maximum absolute atomic E-state index is 13.1. The van der Waals surface area contributed by atoms with E-state index in [2.05, 4.69) is 30.6 Å². The molecule has 4 rings (SSSR count). The van der Waals surface area contributed by atoms with Crippen molar-refractivity contribution in [1.82, 2.24) is 29.8 Å². The van der Waals surface area contributed by atoms with Gasteiger partial charge < -0.3 is 15.3 Å². The van der Waals surface area contributed by atoms with Crippen LogP contribution >= 0.6 is 0 Å². The zero-order valence-corrected chi connectivity index (χ0v) is 14.3. The fourth-order valence-corrected chi connectivity index (χ4v) is 2.85. The molecule has 11 heteroatoms. The summed E-state index contributed by atoms with van der Waals surface area (Å²) in [6.45, 7) is 3.73. The van der Waals surface area contributed by atoms with Crippen molar-refractivity contribution in [3.63, 3.8) is 0 Å². The third-order valence-corrected chi connectivity index (χ3v) is 4.39. The summed E-state index contributed by atoms with van der Waals surface area (Å²) in [7, 11) is 0. The number of aryl methyl sites for hydroxylation is 1. The molecule has 3 N–H and O–H groups in total. The number of aromatic nitrogens is 6. The summed E-state index contributed by atoms with van der Waals surface area (Å²) in [5.74, 6) is -0.872. The van der Waals surface area contributed by atoms with Crippen molar-refractivity contribution in [3.05, 3.63) is 51.2 Å². The largest absolute Gasteiger partial charge is 0.453 e. The number of nitrogens with one attached hydrogen (secondary N) is 3. The molecule has 0 radical (unpaired) electrons. The van der Waals surface area contributed by atoms with Gasteiger partial charge in [0, 0.05) is 12.1 Å². The fourth-order valence-electron chi connectivity index (χ4n) is 2.85. The van der Waals surface area contributed by atoms with Crippen molar-refractivity contribution in [3.8, 4) is 0 Å². The summed E-state index contributed by atoms with van der Waals surface area (Å²) in [5, 5.41) is 13.9. The number of alkyl halides is 3. The number of H-pyrrole nitrogens is 2. The minimum absolute atomic E-state index is 0.0664. The first-order valence-electron chi connectivity index (χ1n) is 7.98. The van der Waals surface area contributed by atoms with Crippen LogP contribution in [-0.2, 0) is 12.7 Å². The van der Waals surface area contributed by atoms with Gasteiger partial charge in [-0.3, -0.25) is 0 Å². The lowest BCUT2D eigenvalue weighted by molar-refractivity contribution is -0.146.